The predicted octanol–water partition coefficient (Wildman–Crippen LogP) is 5.10. The van der Waals surface area contributed by atoms with E-state index in [1.807, 2.05) is 54.6 Å². The Balaban J connectivity index is 1.28. The first kappa shape index (κ1) is 32.1. The summed E-state index contributed by atoms with van der Waals surface area (Å²) in [5, 5.41) is 6.36. The molecule has 9 heteroatoms. The minimum Gasteiger partial charge on any atom is -0.493 e. The Morgan fingerprint density at radius 3 is 2.46 bits per heavy atom. The van der Waals surface area contributed by atoms with Gasteiger partial charge in [0.1, 0.15) is 11.6 Å². The van der Waals surface area contributed by atoms with Gasteiger partial charge in [-0.15, -0.1) is 0 Å². The second-order valence-electron chi connectivity index (χ2n) is 13.8. The summed E-state index contributed by atoms with van der Waals surface area (Å²) < 4.78 is 17.5. The van der Waals surface area contributed by atoms with Crippen LogP contribution in [-0.2, 0) is 25.5 Å². The minimum atomic E-state index is -1.21. The minimum absolute atomic E-state index is 0.0185. The van der Waals surface area contributed by atoms with Crippen molar-refractivity contribution in [1.29, 1.82) is 0 Å². The number of hydrogen-bond donors (Lipinski definition) is 2. The first-order valence-corrected chi connectivity index (χ1v) is 16.7. The average molecular weight is 630 g/mol. The van der Waals surface area contributed by atoms with Crippen molar-refractivity contribution in [2.75, 3.05) is 26.1 Å². The molecule has 0 radical (unpaired) electrons. The molecule has 3 heterocycles. The number of amides is 3. The lowest BCUT2D eigenvalue weighted by Crippen LogP contribution is -2.58. The van der Waals surface area contributed by atoms with E-state index in [4.69, 9.17) is 14.2 Å². The normalized spacial score (nSPS) is 31.2. The van der Waals surface area contributed by atoms with Crippen LogP contribution in [0.2, 0.25) is 0 Å². The summed E-state index contributed by atoms with van der Waals surface area (Å²) in [6.45, 7) is 8.95. The molecular formula is C37H47N3O6. The Kier molecular flexibility index (Phi) is 8.89. The van der Waals surface area contributed by atoms with Gasteiger partial charge in [0.15, 0.2) is 11.5 Å². The molecule has 2 bridgehead atoms. The molecule has 0 aromatic heterocycles. The first-order valence-electron chi connectivity index (χ1n) is 16.7. The van der Waals surface area contributed by atoms with Gasteiger partial charge < -0.3 is 29.7 Å². The van der Waals surface area contributed by atoms with Crippen molar-refractivity contribution in [3.63, 3.8) is 0 Å². The third kappa shape index (κ3) is 5.57. The Morgan fingerprint density at radius 2 is 1.76 bits per heavy atom. The zero-order chi connectivity index (χ0) is 32.7. The number of likely N-dealkylation sites (tertiary alicyclic amines) is 1. The van der Waals surface area contributed by atoms with E-state index in [-0.39, 0.29) is 30.3 Å². The lowest BCUT2D eigenvalue weighted by atomic mass is 9.73. The van der Waals surface area contributed by atoms with E-state index in [9.17, 15) is 14.4 Å². The van der Waals surface area contributed by atoms with Crippen LogP contribution >= 0.6 is 0 Å². The van der Waals surface area contributed by atoms with E-state index in [0.29, 0.717) is 41.4 Å². The van der Waals surface area contributed by atoms with Crippen molar-refractivity contribution >= 4 is 23.4 Å². The summed E-state index contributed by atoms with van der Waals surface area (Å²) in [7, 11) is 3.18. The number of fused-ring (bicyclic) bond motifs is 1. The number of benzene rings is 2. The summed E-state index contributed by atoms with van der Waals surface area (Å²) in [6, 6.07) is 12.6. The van der Waals surface area contributed by atoms with Gasteiger partial charge in [-0.25, -0.2) is 0 Å². The molecule has 46 heavy (non-hydrogen) atoms. The van der Waals surface area contributed by atoms with Crippen molar-refractivity contribution in [2.24, 2.45) is 23.7 Å². The maximum atomic E-state index is 14.4. The quantitative estimate of drug-likeness (QED) is 0.355. The smallest absolute Gasteiger partial charge is 0.246 e. The lowest BCUT2D eigenvalue weighted by Gasteiger charge is -2.38. The van der Waals surface area contributed by atoms with E-state index >= 15 is 0 Å². The molecular weight excluding hydrogens is 582 g/mol. The molecule has 2 aromatic carbocycles. The lowest BCUT2D eigenvalue weighted by molar-refractivity contribution is -0.141. The van der Waals surface area contributed by atoms with Gasteiger partial charge in [0.05, 0.1) is 32.2 Å². The largest absolute Gasteiger partial charge is 0.493 e. The Hall–Kier alpha value is -3.85. The molecule has 9 nitrogen and oxygen atoms in total. The van der Waals surface area contributed by atoms with Crippen LogP contribution in [0.25, 0.3) is 0 Å². The molecule has 2 saturated heterocycles. The van der Waals surface area contributed by atoms with Gasteiger partial charge in [0.2, 0.25) is 17.7 Å². The van der Waals surface area contributed by atoms with E-state index in [1.54, 1.807) is 19.1 Å². The summed E-state index contributed by atoms with van der Waals surface area (Å²) >= 11 is 0. The van der Waals surface area contributed by atoms with Crippen LogP contribution in [0.1, 0.15) is 64.0 Å². The predicted molar refractivity (Wildman–Crippen MR) is 176 cm³/mol. The molecule has 246 valence electrons. The van der Waals surface area contributed by atoms with Crippen LogP contribution in [-0.4, -0.2) is 67.2 Å². The van der Waals surface area contributed by atoms with Crippen molar-refractivity contribution < 1.29 is 28.6 Å². The second-order valence-corrected chi connectivity index (χ2v) is 13.8. The SMILES string of the molecule is COc1ccc(CCN2C(=O)[C@H]3[C@H](C(=O)Nc4ccc(C(C)C)cc4)[C@H]4C=C[C@@]3(O4)[C@@H]2C(=O)N[C@@H]2CCC[C@@H](C)[C@@H]2C)cc1OC. The Morgan fingerprint density at radius 1 is 1.02 bits per heavy atom. The van der Waals surface area contributed by atoms with Gasteiger partial charge in [-0.3, -0.25) is 14.4 Å². The van der Waals surface area contributed by atoms with Gasteiger partial charge >= 0.3 is 0 Å². The van der Waals surface area contributed by atoms with Crippen LogP contribution in [0.5, 0.6) is 11.5 Å². The summed E-state index contributed by atoms with van der Waals surface area (Å²) in [4.78, 5) is 44.3. The highest BCUT2D eigenvalue weighted by molar-refractivity contribution is 6.02. The number of ether oxygens (including phenoxy) is 3. The highest BCUT2D eigenvalue weighted by atomic mass is 16.5. The number of methoxy groups -OCH3 is 2. The highest BCUT2D eigenvalue weighted by Crippen LogP contribution is 2.55. The molecule has 2 N–H and O–H groups in total. The highest BCUT2D eigenvalue weighted by Gasteiger charge is 2.72. The van der Waals surface area contributed by atoms with Crippen molar-refractivity contribution in [3.8, 4) is 11.5 Å². The Labute approximate surface area is 272 Å². The molecule has 1 aliphatic carbocycles. The van der Waals surface area contributed by atoms with Gasteiger partial charge in [-0.2, -0.15) is 0 Å². The number of carbonyl (C=O) groups is 3. The molecule has 3 fully saturated rings. The zero-order valence-corrected chi connectivity index (χ0v) is 27.7. The third-order valence-electron chi connectivity index (χ3n) is 10.9. The molecule has 1 spiro atoms. The van der Waals surface area contributed by atoms with Crippen LogP contribution in [0, 0.1) is 23.7 Å². The number of hydrogen-bond acceptors (Lipinski definition) is 6. The van der Waals surface area contributed by atoms with Gasteiger partial charge in [-0.1, -0.05) is 70.9 Å². The van der Waals surface area contributed by atoms with Gasteiger partial charge in [-0.05, 0) is 66.0 Å². The monoisotopic (exact) mass is 629 g/mol. The fraction of sp³-hybridized carbons (Fsp3) is 0.541. The van der Waals surface area contributed by atoms with Crippen LogP contribution in [0.4, 0.5) is 5.69 Å². The number of rotatable bonds is 10. The van der Waals surface area contributed by atoms with Crippen molar-refractivity contribution in [3.05, 3.63) is 65.7 Å². The molecule has 4 aliphatic rings. The van der Waals surface area contributed by atoms with E-state index < -0.39 is 29.6 Å². The fourth-order valence-electron chi connectivity index (χ4n) is 8.02. The number of anilines is 1. The molecule has 3 aliphatic heterocycles. The zero-order valence-electron chi connectivity index (χ0n) is 27.7. The average Bonchev–Trinajstić information content (AvgIpc) is 3.69. The van der Waals surface area contributed by atoms with E-state index in [0.717, 1.165) is 24.8 Å². The van der Waals surface area contributed by atoms with Gasteiger partial charge in [0, 0.05) is 18.3 Å². The second kappa shape index (κ2) is 12.7. The summed E-state index contributed by atoms with van der Waals surface area (Å²) in [6.07, 6.45) is 6.73. The summed E-state index contributed by atoms with van der Waals surface area (Å²) in [5.74, 6) is 0.128. The van der Waals surface area contributed by atoms with Crippen LogP contribution in [0.15, 0.2) is 54.6 Å². The molecule has 0 unspecified atom stereocenters. The van der Waals surface area contributed by atoms with Crippen molar-refractivity contribution in [2.45, 2.75) is 83.1 Å². The maximum absolute atomic E-state index is 14.4. The molecule has 2 aromatic rings. The standard InChI is InChI=1S/C37H47N3O6/c1-21(2)25-11-13-26(14-12-25)38-34(41)31-29-16-18-37(46-29)32(31)36(43)40(19-17-24-10-15-28(44-5)30(20-24)45-6)33(37)35(42)39-27-9-7-8-22(3)23(27)4/h10-16,18,20-23,27,29,31-33H,7-9,17,19H2,1-6H3,(H,38,41)(H,39,42)/t22-,23+,27-,29-,31-,32-,33+,37+/m1/s1. The fourth-order valence-corrected chi connectivity index (χ4v) is 8.02. The maximum Gasteiger partial charge on any atom is 0.246 e. The number of nitrogens with one attached hydrogen (secondary N) is 2. The summed E-state index contributed by atoms with van der Waals surface area (Å²) in [5.41, 5.74) is 1.57. The molecule has 3 amide bonds. The van der Waals surface area contributed by atoms with Crippen LogP contribution < -0.4 is 20.1 Å². The number of nitrogens with zero attached hydrogens (tertiary/aromatic N) is 1. The topological polar surface area (TPSA) is 106 Å². The Bertz CT molecular complexity index is 1500. The van der Waals surface area contributed by atoms with E-state index in [2.05, 4.69) is 38.3 Å². The molecule has 8 atom stereocenters. The molecule has 6 rings (SSSR count). The van der Waals surface area contributed by atoms with Crippen LogP contribution in [0.3, 0.4) is 0 Å². The molecule has 1 saturated carbocycles. The van der Waals surface area contributed by atoms with E-state index in [1.165, 1.54) is 5.56 Å². The van der Waals surface area contributed by atoms with Crippen molar-refractivity contribution in [1.82, 2.24) is 10.2 Å². The number of carbonyl (C=O) groups excluding carboxylic acids is 3. The third-order valence-corrected chi connectivity index (χ3v) is 10.9. The first-order chi connectivity index (χ1) is 22.1. The van der Waals surface area contributed by atoms with Gasteiger partial charge in [0.25, 0.3) is 0 Å².